The average molecular weight is 242 g/mol. The zero-order valence-electron chi connectivity index (χ0n) is 11.7. The standard InChI is InChI=1S/C13H26N2O2/c1-9-8-15(10(2)6-11(9)7-14)12(16)17-13(3,4)5/h9-11H,6-8,14H2,1-5H3. The first-order valence-corrected chi connectivity index (χ1v) is 6.44. The predicted octanol–water partition coefficient (Wildman–Crippen LogP) is 2.23. The highest BCUT2D eigenvalue weighted by Crippen LogP contribution is 2.28. The molecular formula is C13H26N2O2. The Hall–Kier alpha value is -0.770. The number of rotatable bonds is 1. The van der Waals surface area contributed by atoms with Crippen molar-refractivity contribution in [2.24, 2.45) is 17.6 Å². The van der Waals surface area contributed by atoms with Crippen molar-refractivity contribution in [2.75, 3.05) is 13.1 Å². The zero-order valence-corrected chi connectivity index (χ0v) is 11.7. The molecule has 0 aromatic rings. The van der Waals surface area contributed by atoms with E-state index in [1.165, 1.54) is 0 Å². The lowest BCUT2D eigenvalue weighted by Gasteiger charge is -2.41. The number of carbonyl (C=O) groups is 1. The van der Waals surface area contributed by atoms with Gasteiger partial charge < -0.3 is 15.4 Å². The van der Waals surface area contributed by atoms with Crippen molar-refractivity contribution >= 4 is 6.09 Å². The number of carbonyl (C=O) groups excluding carboxylic acids is 1. The van der Waals surface area contributed by atoms with Crippen LogP contribution in [-0.2, 0) is 4.74 Å². The van der Waals surface area contributed by atoms with Gasteiger partial charge in [-0.1, -0.05) is 6.92 Å². The number of piperidine rings is 1. The SMILES string of the molecule is CC1CN(C(=O)OC(C)(C)C)C(C)CC1CN. The molecule has 0 saturated carbocycles. The van der Waals surface area contributed by atoms with Gasteiger partial charge in [0.25, 0.3) is 0 Å². The summed E-state index contributed by atoms with van der Waals surface area (Å²) in [4.78, 5) is 13.9. The van der Waals surface area contributed by atoms with Crippen LogP contribution in [0.5, 0.6) is 0 Å². The van der Waals surface area contributed by atoms with Crippen LogP contribution in [0.4, 0.5) is 4.79 Å². The van der Waals surface area contributed by atoms with Gasteiger partial charge in [0.1, 0.15) is 5.60 Å². The number of hydrogen-bond acceptors (Lipinski definition) is 3. The summed E-state index contributed by atoms with van der Waals surface area (Å²) >= 11 is 0. The van der Waals surface area contributed by atoms with Gasteiger partial charge >= 0.3 is 6.09 Å². The fourth-order valence-corrected chi connectivity index (χ4v) is 2.34. The molecule has 4 heteroatoms. The van der Waals surface area contributed by atoms with Crippen LogP contribution in [0.2, 0.25) is 0 Å². The molecule has 100 valence electrons. The molecule has 1 aliphatic rings. The quantitative estimate of drug-likeness (QED) is 0.767. The first-order valence-electron chi connectivity index (χ1n) is 6.44. The number of amides is 1. The van der Waals surface area contributed by atoms with Crippen molar-refractivity contribution in [3.8, 4) is 0 Å². The smallest absolute Gasteiger partial charge is 0.410 e. The molecule has 2 N–H and O–H groups in total. The molecule has 0 spiro atoms. The van der Waals surface area contributed by atoms with Crippen molar-refractivity contribution in [1.82, 2.24) is 4.90 Å². The zero-order chi connectivity index (χ0) is 13.2. The van der Waals surface area contributed by atoms with Crippen LogP contribution in [0.1, 0.15) is 41.0 Å². The fourth-order valence-electron chi connectivity index (χ4n) is 2.34. The van der Waals surface area contributed by atoms with E-state index in [4.69, 9.17) is 10.5 Å². The molecule has 0 aromatic carbocycles. The van der Waals surface area contributed by atoms with Crippen molar-refractivity contribution in [3.05, 3.63) is 0 Å². The molecule has 0 bridgehead atoms. The third-order valence-corrected chi connectivity index (χ3v) is 3.40. The third-order valence-electron chi connectivity index (χ3n) is 3.40. The Morgan fingerprint density at radius 2 is 2.00 bits per heavy atom. The highest BCUT2D eigenvalue weighted by Gasteiger charge is 2.34. The maximum Gasteiger partial charge on any atom is 0.410 e. The minimum absolute atomic E-state index is 0.202. The Bertz CT molecular complexity index is 273. The van der Waals surface area contributed by atoms with Gasteiger partial charge in [-0.25, -0.2) is 4.79 Å². The van der Waals surface area contributed by atoms with E-state index in [0.29, 0.717) is 18.4 Å². The number of likely N-dealkylation sites (tertiary alicyclic amines) is 1. The highest BCUT2D eigenvalue weighted by atomic mass is 16.6. The van der Waals surface area contributed by atoms with Crippen LogP contribution in [0.15, 0.2) is 0 Å². The van der Waals surface area contributed by atoms with Gasteiger partial charge in [-0.2, -0.15) is 0 Å². The minimum atomic E-state index is -0.426. The molecule has 17 heavy (non-hydrogen) atoms. The van der Waals surface area contributed by atoms with E-state index in [9.17, 15) is 4.79 Å². The molecular weight excluding hydrogens is 216 g/mol. The summed E-state index contributed by atoms with van der Waals surface area (Å²) < 4.78 is 5.42. The van der Waals surface area contributed by atoms with Gasteiger partial charge in [-0.05, 0) is 52.5 Å². The Kier molecular flexibility index (Phi) is 4.42. The first kappa shape index (κ1) is 14.3. The summed E-state index contributed by atoms with van der Waals surface area (Å²) in [5, 5.41) is 0. The minimum Gasteiger partial charge on any atom is -0.444 e. The van der Waals surface area contributed by atoms with Gasteiger partial charge in [-0.3, -0.25) is 0 Å². The lowest BCUT2D eigenvalue weighted by atomic mass is 9.84. The molecule has 1 amide bonds. The van der Waals surface area contributed by atoms with Gasteiger partial charge in [-0.15, -0.1) is 0 Å². The van der Waals surface area contributed by atoms with Crippen molar-refractivity contribution in [2.45, 2.75) is 52.7 Å². The van der Waals surface area contributed by atoms with Crippen LogP contribution >= 0.6 is 0 Å². The van der Waals surface area contributed by atoms with Crippen LogP contribution in [0, 0.1) is 11.8 Å². The number of nitrogens with zero attached hydrogens (tertiary/aromatic N) is 1. The lowest BCUT2D eigenvalue weighted by molar-refractivity contribution is -0.00120. The van der Waals surface area contributed by atoms with E-state index in [1.54, 1.807) is 0 Å². The van der Waals surface area contributed by atoms with Crippen molar-refractivity contribution in [1.29, 1.82) is 0 Å². The molecule has 0 aromatic heterocycles. The largest absolute Gasteiger partial charge is 0.444 e. The Morgan fingerprint density at radius 3 is 2.47 bits per heavy atom. The third kappa shape index (κ3) is 3.87. The summed E-state index contributed by atoms with van der Waals surface area (Å²) in [6.07, 6.45) is 0.768. The van der Waals surface area contributed by atoms with Crippen LogP contribution in [0.3, 0.4) is 0 Å². The average Bonchev–Trinajstić information content (AvgIpc) is 2.18. The van der Waals surface area contributed by atoms with Crippen molar-refractivity contribution < 1.29 is 9.53 Å². The summed E-state index contributed by atoms with van der Waals surface area (Å²) in [6, 6.07) is 0.217. The van der Waals surface area contributed by atoms with Crippen LogP contribution in [-0.4, -0.2) is 35.7 Å². The van der Waals surface area contributed by atoms with Gasteiger partial charge in [0.15, 0.2) is 0 Å². The van der Waals surface area contributed by atoms with E-state index in [1.807, 2.05) is 25.7 Å². The topological polar surface area (TPSA) is 55.6 Å². The first-order chi connectivity index (χ1) is 7.74. The summed E-state index contributed by atoms with van der Waals surface area (Å²) in [5.41, 5.74) is 5.32. The van der Waals surface area contributed by atoms with Crippen LogP contribution < -0.4 is 5.73 Å². The number of hydrogen-bond donors (Lipinski definition) is 1. The Morgan fingerprint density at radius 1 is 1.41 bits per heavy atom. The molecule has 3 unspecified atom stereocenters. The Labute approximate surface area is 104 Å². The lowest BCUT2D eigenvalue weighted by Crippen LogP contribution is -2.51. The van der Waals surface area contributed by atoms with E-state index in [0.717, 1.165) is 13.0 Å². The van der Waals surface area contributed by atoms with E-state index >= 15 is 0 Å². The second-order valence-electron chi connectivity index (χ2n) is 6.19. The molecule has 1 fully saturated rings. The summed E-state index contributed by atoms with van der Waals surface area (Å²) in [7, 11) is 0. The normalized spacial score (nSPS) is 30.2. The predicted molar refractivity (Wildman–Crippen MR) is 68.7 cm³/mol. The maximum absolute atomic E-state index is 12.0. The molecule has 0 radical (unpaired) electrons. The summed E-state index contributed by atoms with van der Waals surface area (Å²) in [5.74, 6) is 0.965. The van der Waals surface area contributed by atoms with E-state index < -0.39 is 5.60 Å². The molecule has 0 aliphatic carbocycles. The Balaban J connectivity index is 2.63. The van der Waals surface area contributed by atoms with Gasteiger partial charge in [0, 0.05) is 12.6 Å². The molecule has 1 aliphatic heterocycles. The van der Waals surface area contributed by atoms with E-state index in [-0.39, 0.29) is 12.1 Å². The number of nitrogens with two attached hydrogens (primary N) is 1. The molecule has 4 nitrogen and oxygen atoms in total. The maximum atomic E-state index is 12.0. The second kappa shape index (κ2) is 5.25. The summed E-state index contributed by atoms with van der Waals surface area (Å²) in [6.45, 7) is 11.4. The fraction of sp³-hybridized carbons (Fsp3) is 0.923. The van der Waals surface area contributed by atoms with Crippen LogP contribution in [0.25, 0.3) is 0 Å². The van der Waals surface area contributed by atoms with E-state index in [2.05, 4.69) is 13.8 Å². The van der Waals surface area contributed by atoms with Gasteiger partial charge in [0.2, 0.25) is 0 Å². The molecule has 1 saturated heterocycles. The second-order valence-corrected chi connectivity index (χ2v) is 6.19. The van der Waals surface area contributed by atoms with Gasteiger partial charge in [0.05, 0.1) is 0 Å². The van der Waals surface area contributed by atoms with Crippen molar-refractivity contribution in [3.63, 3.8) is 0 Å². The molecule has 1 heterocycles. The monoisotopic (exact) mass is 242 g/mol. The molecule has 1 rings (SSSR count). The highest BCUT2D eigenvalue weighted by molar-refractivity contribution is 5.68. The number of ether oxygens (including phenoxy) is 1. The molecule has 3 atom stereocenters.